The van der Waals surface area contributed by atoms with Gasteiger partial charge >= 0.3 is 0 Å². The second-order valence-corrected chi connectivity index (χ2v) is 12.8. The highest BCUT2D eigenvalue weighted by Crippen LogP contribution is 2.42. The van der Waals surface area contributed by atoms with Crippen LogP contribution in [0.1, 0.15) is 46.6 Å². The lowest BCUT2D eigenvalue weighted by Gasteiger charge is -2.20. The average Bonchev–Trinajstić information content (AvgIpc) is 3.02. The zero-order valence-corrected chi connectivity index (χ0v) is 27.8. The van der Waals surface area contributed by atoms with Gasteiger partial charge in [-0.2, -0.15) is 4.98 Å². The van der Waals surface area contributed by atoms with Crippen molar-refractivity contribution in [3.63, 3.8) is 0 Å². The second-order valence-electron chi connectivity index (χ2n) is 11.1. The highest BCUT2D eigenvalue weighted by Gasteiger charge is 2.26. The van der Waals surface area contributed by atoms with Crippen molar-refractivity contribution in [1.82, 2.24) is 9.97 Å². The number of aromatic nitrogens is 2. The average molecular weight is 652 g/mol. The fourth-order valence-electron chi connectivity index (χ4n) is 4.39. The van der Waals surface area contributed by atoms with Crippen molar-refractivity contribution in [2.45, 2.75) is 51.3 Å². The van der Waals surface area contributed by atoms with E-state index in [2.05, 4.69) is 35.5 Å². The SMILES string of the molecule is CCOc1cc(OCC)cc(-c2nc(NS(=O)(=O)c3ccc(C(C)(C)C)cc3)c(Oc3ccccc3OC)c(OCCCO)n2)c1. The number of benzene rings is 3. The summed E-state index contributed by atoms with van der Waals surface area (Å²) >= 11 is 0. The minimum Gasteiger partial charge on any atom is -0.494 e. The van der Waals surface area contributed by atoms with Crippen molar-refractivity contribution < 1.29 is 37.2 Å². The summed E-state index contributed by atoms with van der Waals surface area (Å²) in [5, 5.41) is 9.43. The van der Waals surface area contributed by atoms with Crippen molar-refractivity contribution in [2.24, 2.45) is 0 Å². The normalized spacial score (nSPS) is 11.5. The molecule has 46 heavy (non-hydrogen) atoms. The van der Waals surface area contributed by atoms with Crippen molar-refractivity contribution in [2.75, 3.05) is 38.3 Å². The highest BCUT2D eigenvalue weighted by molar-refractivity contribution is 7.92. The monoisotopic (exact) mass is 651 g/mol. The molecule has 0 aliphatic heterocycles. The number of hydrogen-bond acceptors (Lipinski definition) is 10. The number of aliphatic hydroxyl groups excluding tert-OH is 1. The smallest absolute Gasteiger partial charge is 0.263 e. The number of sulfonamides is 1. The number of methoxy groups -OCH3 is 1. The summed E-state index contributed by atoms with van der Waals surface area (Å²) in [6, 6.07) is 18.7. The van der Waals surface area contributed by atoms with Gasteiger partial charge in [0.1, 0.15) is 11.5 Å². The maximum atomic E-state index is 13.8. The van der Waals surface area contributed by atoms with Crippen LogP contribution >= 0.6 is 0 Å². The third-order valence-corrected chi connectivity index (χ3v) is 8.03. The lowest BCUT2D eigenvalue weighted by molar-refractivity contribution is 0.224. The van der Waals surface area contributed by atoms with Crippen LogP contribution in [0, 0.1) is 0 Å². The van der Waals surface area contributed by atoms with Gasteiger partial charge in [-0.3, -0.25) is 4.72 Å². The molecule has 1 aromatic heterocycles. The van der Waals surface area contributed by atoms with E-state index in [1.165, 1.54) is 7.11 Å². The number of para-hydroxylation sites is 2. The van der Waals surface area contributed by atoms with Gasteiger partial charge in [0.25, 0.3) is 15.9 Å². The molecular formula is C34H41N3O8S. The summed E-state index contributed by atoms with van der Waals surface area (Å²) in [5.74, 6) is 1.52. The Morgan fingerprint density at radius 3 is 2.04 bits per heavy atom. The summed E-state index contributed by atoms with van der Waals surface area (Å²) in [6.45, 7) is 10.6. The Morgan fingerprint density at radius 1 is 0.848 bits per heavy atom. The highest BCUT2D eigenvalue weighted by atomic mass is 32.2. The lowest BCUT2D eigenvalue weighted by atomic mass is 9.87. The zero-order valence-electron chi connectivity index (χ0n) is 27.0. The van der Waals surface area contributed by atoms with E-state index in [-0.39, 0.29) is 52.5 Å². The largest absolute Gasteiger partial charge is 0.494 e. The first-order valence-electron chi connectivity index (χ1n) is 15.0. The summed E-state index contributed by atoms with van der Waals surface area (Å²) in [7, 11) is -2.68. The van der Waals surface area contributed by atoms with E-state index >= 15 is 0 Å². The molecule has 246 valence electrons. The van der Waals surface area contributed by atoms with Crippen LogP contribution < -0.4 is 28.4 Å². The predicted molar refractivity (Wildman–Crippen MR) is 176 cm³/mol. The fraction of sp³-hybridized carbons (Fsp3) is 0.353. The third-order valence-electron chi connectivity index (χ3n) is 6.68. The van der Waals surface area contributed by atoms with Crippen molar-refractivity contribution >= 4 is 15.8 Å². The van der Waals surface area contributed by atoms with E-state index < -0.39 is 10.0 Å². The molecule has 0 fully saturated rings. The molecule has 3 aromatic carbocycles. The van der Waals surface area contributed by atoms with Gasteiger partial charge < -0.3 is 28.8 Å². The minimum atomic E-state index is -4.18. The molecule has 0 saturated heterocycles. The predicted octanol–water partition coefficient (Wildman–Crippen LogP) is 6.60. The molecule has 0 unspecified atom stereocenters. The molecule has 0 amide bonds. The Labute approximate surface area is 270 Å². The van der Waals surface area contributed by atoms with Crippen LogP contribution in [0.25, 0.3) is 11.4 Å². The van der Waals surface area contributed by atoms with Gasteiger partial charge in [0.15, 0.2) is 23.1 Å². The number of aliphatic hydroxyl groups is 1. The van der Waals surface area contributed by atoms with Gasteiger partial charge in [-0.1, -0.05) is 45.0 Å². The van der Waals surface area contributed by atoms with E-state index in [0.717, 1.165) is 5.56 Å². The van der Waals surface area contributed by atoms with Gasteiger partial charge in [-0.25, -0.2) is 13.4 Å². The van der Waals surface area contributed by atoms with E-state index in [1.54, 1.807) is 66.7 Å². The van der Waals surface area contributed by atoms with Crippen molar-refractivity contribution in [3.05, 3.63) is 72.3 Å². The molecule has 4 rings (SSSR count). The first-order valence-corrected chi connectivity index (χ1v) is 16.5. The Morgan fingerprint density at radius 2 is 1.48 bits per heavy atom. The summed E-state index contributed by atoms with van der Waals surface area (Å²) in [4.78, 5) is 9.32. The maximum Gasteiger partial charge on any atom is 0.263 e. The van der Waals surface area contributed by atoms with Crippen LogP contribution in [-0.4, -0.2) is 57.0 Å². The Hall–Kier alpha value is -4.55. The fourth-order valence-corrected chi connectivity index (χ4v) is 5.39. The third kappa shape index (κ3) is 8.58. The first kappa shape index (κ1) is 34.3. The maximum absolute atomic E-state index is 13.8. The standard InChI is InChI=1S/C34H41N3O8S/c1-7-42-25-20-23(21-26(22-25)43-8-2)31-35-32(37-46(39,40)27-16-14-24(15-17-27)34(3,4)5)30(33(36-31)44-19-11-18-38)45-29-13-10-9-12-28(29)41-6/h9-10,12-17,20-22,38H,7-8,11,18-19H2,1-6H3,(H,35,36,37). The number of hydrogen-bond donors (Lipinski definition) is 2. The molecule has 0 saturated carbocycles. The number of ether oxygens (including phenoxy) is 5. The lowest BCUT2D eigenvalue weighted by Crippen LogP contribution is -2.17. The van der Waals surface area contributed by atoms with Gasteiger partial charge in [0.2, 0.25) is 5.75 Å². The Balaban J connectivity index is 1.92. The molecule has 0 atom stereocenters. The van der Waals surface area contributed by atoms with E-state index in [1.807, 2.05) is 13.8 Å². The van der Waals surface area contributed by atoms with Gasteiger partial charge in [0, 0.05) is 24.7 Å². The minimum absolute atomic E-state index is 0.0311. The van der Waals surface area contributed by atoms with Crippen LogP contribution in [0.2, 0.25) is 0 Å². The van der Waals surface area contributed by atoms with Crippen molar-refractivity contribution in [3.8, 4) is 46.0 Å². The molecule has 0 spiro atoms. The molecule has 11 nitrogen and oxygen atoms in total. The molecular weight excluding hydrogens is 610 g/mol. The summed E-state index contributed by atoms with van der Waals surface area (Å²) in [6.07, 6.45) is 0.295. The van der Waals surface area contributed by atoms with E-state index in [9.17, 15) is 13.5 Å². The Bertz CT molecular complexity index is 1700. The Kier molecular flexibility index (Phi) is 11.3. The molecule has 0 bridgehead atoms. The molecule has 2 N–H and O–H groups in total. The van der Waals surface area contributed by atoms with Crippen LogP contribution in [0.15, 0.2) is 71.6 Å². The molecule has 4 aromatic rings. The van der Waals surface area contributed by atoms with Crippen LogP contribution in [0.4, 0.5) is 5.82 Å². The van der Waals surface area contributed by atoms with Crippen molar-refractivity contribution in [1.29, 1.82) is 0 Å². The van der Waals surface area contributed by atoms with Crippen LogP contribution in [0.3, 0.4) is 0 Å². The molecule has 1 heterocycles. The molecule has 0 aliphatic carbocycles. The first-order chi connectivity index (χ1) is 22.0. The van der Waals surface area contributed by atoms with E-state index in [4.69, 9.17) is 23.7 Å². The van der Waals surface area contributed by atoms with Gasteiger partial charge in [0.05, 0.1) is 31.8 Å². The summed E-state index contributed by atoms with van der Waals surface area (Å²) in [5.41, 5.74) is 1.31. The summed E-state index contributed by atoms with van der Waals surface area (Å²) < 4.78 is 59.4. The number of nitrogens with one attached hydrogen (secondary N) is 1. The number of rotatable bonds is 15. The quantitative estimate of drug-likeness (QED) is 0.135. The zero-order chi connectivity index (χ0) is 33.3. The van der Waals surface area contributed by atoms with Gasteiger partial charge in [-0.15, -0.1) is 0 Å². The molecule has 0 radical (unpaired) electrons. The van der Waals surface area contributed by atoms with E-state index in [0.29, 0.717) is 42.4 Å². The van der Waals surface area contributed by atoms with Gasteiger partial charge in [-0.05, 0) is 61.2 Å². The molecule has 12 heteroatoms. The second kappa shape index (κ2) is 15.2. The van der Waals surface area contributed by atoms with Crippen LogP contribution in [-0.2, 0) is 15.4 Å². The molecule has 0 aliphatic rings. The number of anilines is 1. The number of nitrogens with zero attached hydrogens (tertiary/aromatic N) is 2. The van der Waals surface area contributed by atoms with Crippen LogP contribution in [0.5, 0.6) is 34.6 Å². The topological polar surface area (TPSA) is 138 Å².